The molecule has 1 aliphatic heterocycles. The Morgan fingerprint density at radius 3 is 2.75 bits per heavy atom. The van der Waals surface area contributed by atoms with Crippen LogP contribution in [0, 0.1) is 5.82 Å². The molecule has 2 N–H and O–H groups in total. The lowest BCUT2D eigenvalue weighted by molar-refractivity contribution is 0.0600. The normalized spacial score (nSPS) is 17.4. The highest BCUT2D eigenvalue weighted by Crippen LogP contribution is 2.46. The Labute approximate surface area is 170 Å². The summed E-state index contributed by atoms with van der Waals surface area (Å²) < 4.78 is 19.3. The number of carbonyl (C=O) groups excluding carboxylic acids is 1. The van der Waals surface area contributed by atoms with Crippen molar-refractivity contribution in [2.75, 3.05) is 12.4 Å². The molecule has 0 aliphatic carbocycles. The summed E-state index contributed by atoms with van der Waals surface area (Å²) in [7, 11) is 1.40. The van der Waals surface area contributed by atoms with Crippen LogP contribution >= 0.6 is 22.7 Å². The SMILES string of the molecule is COC(=O)c1c(Nc2nc3ccc(F)cc3s2)sc2c1CC(C)(C)NC2(C)C. The summed E-state index contributed by atoms with van der Waals surface area (Å²) >= 11 is 2.90. The summed E-state index contributed by atoms with van der Waals surface area (Å²) in [6.45, 7) is 8.50. The molecule has 2 aromatic heterocycles. The molecule has 0 bridgehead atoms. The summed E-state index contributed by atoms with van der Waals surface area (Å²) in [5.41, 5.74) is 1.88. The molecule has 1 aromatic carbocycles. The van der Waals surface area contributed by atoms with Crippen LogP contribution in [0.2, 0.25) is 0 Å². The number of rotatable bonds is 3. The zero-order valence-electron chi connectivity index (χ0n) is 16.4. The number of halogens is 1. The summed E-state index contributed by atoms with van der Waals surface area (Å²) in [6, 6.07) is 4.52. The van der Waals surface area contributed by atoms with Crippen LogP contribution in [-0.4, -0.2) is 23.6 Å². The number of aromatic nitrogens is 1. The monoisotopic (exact) mass is 419 g/mol. The number of carbonyl (C=O) groups is 1. The van der Waals surface area contributed by atoms with Gasteiger partial charge in [-0.3, -0.25) is 0 Å². The van der Waals surface area contributed by atoms with E-state index in [4.69, 9.17) is 4.74 Å². The fourth-order valence-corrected chi connectivity index (χ4v) is 6.21. The Balaban J connectivity index is 1.82. The molecule has 0 saturated carbocycles. The topological polar surface area (TPSA) is 63.2 Å². The number of nitrogens with one attached hydrogen (secondary N) is 2. The van der Waals surface area contributed by atoms with Crippen molar-refractivity contribution in [3.63, 3.8) is 0 Å². The van der Waals surface area contributed by atoms with Crippen molar-refractivity contribution in [1.82, 2.24) is 10.3 Å². The van der Waals surface area contributed by atoms with Crippen LogP contribution in [0.1, 0.15) is 48.5 Å². The Bertz CT molecular complexity index is 1080. The van der Waals surface area contributed by atoms with Gasteiger partial charge in [0.05, 0.1) is 22.9 Å². The van der Waals surface area contributed by atoms with Gasteiger partial charge >= 0.3 is 5.97 Å². The van der Waals surface area contributed by atoms with Gasteiger partial charge in [0.25, 0.3) is 0 Å². The van der Waals surface area contributed by atoms with Gasteiger partial charge in [0.1, 0.15) is 10.8 Å². The van der Waals surface area contributed by atoms with Crippen molar-refractivity contribution in [2.45, 2.75) is 45.2 Å². The van der Waals surface area contributed by atoms with Gasteiger partial charge in [0.15, 0.2) is 5.13 Å². The van der Waals surface area contributed by atoms with Crippen LogP contribution in [-0.2, 0) is 16.7 Å². The summed E-state index contributed by atoms with van der Waals surface area (Å²) in [6.07, 6.45) is 0.722. The van der Waals surface area contributed by atoms with E-state index in [9.17, 15) is 9.18 Å². The molecule has 0 unspecified atom stereocenters. The van der Waals surface area contributed by atoms with E-state index in [1.54, 1.807) is 6.07 Å². The second-order valence-electron chi connectivity index (χ2n) is 8.17. The summed E-state index contributed by atoms with van der Waals surface area (Å²) in [5, 5.41) is 8.28. The molecule has 4 rings (SSSR count). The number of hydrogen-bond acceptors (Lipinski definition) is 7. The van der Waals surface area contributed by atoms with Crippen LogP contribution < -0.4 is 10.6 Å². The molecule has 0 radical (unpaired) electrons. The second-order valence-corrected chi connectivity index (χ2v) is 10.2. The third-order valence-corrected chi connectivity index (χ3v) is 7.21. The fourth-order valence-electron chi connectivity index (χ4n) is 3.98. The maximum Gasteiger partial charge on any atom is 0.341 e. The maximum absolute atomic E-state index is 13.5. The smallest absolute Gasteiger partial charge is 0.341 e. The van der Waals surface area contributed by atoms with Crippen LogP contribution in [0.25, 0.3) is 10.2 Å². The van der Waals surface area contributed by atoms with Gasteiger partial charge in [-0.05, 0) is 57.9 Å². The number of hydrogen-bond donors (Lipinski definition) is 2. The highest BCUT2D eigenvalue weighted by Gasteiger charge is 2.41. The van der Waals surface area contributed by atoms with Crippen molar-refractivity contribution < 1.29 is 13.9 Å². The third-order valence-electron chi connectivity index (χ3n) is 4.80. The number of esters is 1. The minimum Gasteiger partial charge on any atom is -0.465 e. The molecule has 8 heteroatoms. The molecule has 3 heterocycles. The van der Waals surface area contributed by atoms with E-state index in [1.165, 1.54) is 41.9 Å². The fraction of sp³-hybridized carbons (Fsp3) is 0.400. The Morgan fingerprint density at radius 1 is 1.29 bits per heavy atom. The molecule has 0 atom stereocenters. The van der Waals surface area contributed by atoms with E-state index in [2.05, 4.69) is 43.3 Å². The summed E-state index contributed by atoms with van der Waals surface area (Å²) in [4.78, 5) is 18.3. The molecular formula is C20H22FN3O2S2. The van der Waals surface area contributed by atoms with Gasteiger partial charge in [-0.1, -0.05) is 11.3 Å². The number of nitrogens with zero attached hydrogens (tertiary/aromatic N) is 1. The lowest BCUT2D eigenvalue weighted by Crippen LogP contribution is -2.55. The van der Waals surface area contributed by atoms with Crippen LogP contribution in [0.4, 0.5) is 14.5 Å². The van der Waals surface area contributed by atoms with Gasteiger partial charge in [-0.25, -0.2) is 14.2 Å². The maximum atomic E-state index is 13.5. The first-order chi connectivity index (χ1) is 13.1. The number of fused-ring (bicyclic) bond motifs is 2. The van der Waals surface area contributed by atoms with Gasteiger partial charge in [0.2, 0.25) is 0 Å². The average molecular weight is 420 g/mol. The number of methoxy groups -OCH3 is 1. The quantitative estimate of drug-likeness (QED) is 0.572. The van der Waals surface area contributed by atoms with E-state index >= 15 is 0 Å². The molecule has 3 aromatic rings. The van der Waals surface area contributed by atoms with Crippen LogP contribution in [0.5, 0.6) is 0 Å². The minimum atomic E-state index is -0.361. The average Bonchev–Trinajstić information content (AvgIpc) is 3.13. The predicted octanol–water partition coefficient (Wildman–Crippen LogP) is 5.19. The Kier molecular flexibility index (Phi) is 4.48. The highest BCUT2D eigenvalue weighted by atomic mass is 32.1. The molecular weight excluding hydrogens is 397 g/mol. The van der Waals surface area contributed by atoms with E-state index in [-0.39, 0.29) is 22.9 Å². The van der Waals surface area contributed by atoms with Crippen molar-refractivity contribution in [2.24, 2.45) is 0 Å². The second kappa shape index (κ2) is 6.50. The van der Waals surface area contributed by atoms with Gasteiger partial charge in [-0.15, -0.1) is 11.3 Å². The van der Waals surface area contributed by atoms with Crippen molar-refractivity contribution in [1.29, 1.82) is 0 Å². The first kappa shape index (κ1) is 19.3. The zero-order valence-corrected chi connectivity index (χ0v) is 18.0. The molecule has 28 heavy (non-hydrogen) atoms. The first-order valence-corrected chi connectivity index (χ1v) is 10.6. The van der Waals surface area contributed by atoms with Crippen molar-refractivity contribution in [3.05, 3.63) is 40.0 Å². The number of benzene rings is 1. The molecule has 1 aliphatic rings. The van der Waals surface area contributed by atoms with Gasteiger partial charge < -0.3 is 15.4 Å². The van der Waals surface area contributed by atoms with Gasteiger partial charge in [-0.2, -0.15) is 0 Å². The largest absolute Gasteiger partial charge is 0.465 e. The Morgan fingerprint density at radius 2 is 2.04 bits per heavy atom. The van der Waals surface area contributed by atoms with Gasteiger partial charge in [0, 0.05) is 16.0 Å². The lowest BCUT2D eigenvalue weighted by atomic mass is 9.81. The minimum absolute atomic E-state index is 0.148. The standard InChI is InChI=1S/C20H22FN3O2S2/c1-19(2)9-11-14(17(25)26-5)16(28-15(11)20(3,4)24-19)23-18-22-12-7-6-10(21)8-13(12)27-18/h6-8,24H,9H2,1-5H3,(H,22,23). The van der Waals surface area contributed by atoms with Crippen molar-refractivity contribution in [3.8, 4) is 0 Å². The lowest BCUT2D eigenvalue weighted by Gasteiger charge is -2.42. The number of thiophene rings is 1. The summed E-state index contributed by atoms with van der Waals surface area (Å²) in [5.74, 6) is -0.653. The molecule has 0 fully saturated rings. The molecule has 148 valence electrons. The third kappa shape index (κ3) is 3.29. The zero-order chi connectivity index (χ0) is 20.3. The van der Waals surface area contributed by atoms with E-state index < -0.39 is 0 Å². The van der Waals surface area contributed by atoms with E-state index in [0.717, 1.165) is 27.1 Å². The number of anilines is 2. The number of thiazole rings is 1. The molecule has 0 saturated heterocycles. The molecule has 0 amide bonds. The van der Waals surface area contributed by atoms with Crippen molar-refractivity contribution >= 4 is 49.0 Å². The molecule has 5 nitrogen and oxygen atoms in total. The Hall–Kier alpha value is -2.03. The predicted molar refractivity (Wildman–Crippen MR) is 112 cm³/mol. The molecule has 0 spiro atoms. The van der Waals surface area contributed by atoms with E-state index in [1.807, 2.05) is 0 Å². The number of ether oxygens (including phenoxy) is 1. The first-order valence-electron chi connectivity index (χ1n) is 8.96. The van der Waals surface area contributed by atoms with Crippen LogP contribution in [0.15, 0.2) is 18.2 Å². The van der Waals surface area contributed by atoms with Crippen LogP contribution in [0.3, 0.4) is 0 Å². The highest BCUT2D eigenvalue weighted by molar-refractivity contribution is 7.23. The van der Waals surface area contributed by atoms with E-state index in [0.29, 0.717) is 15.7 Å².